The molecule has 7 atom stereocenters. The molecule has 2 heterocycles. The first-order valence-electron chi connectivity index (χ1n) is 16.6. The van der Waals surface area contributed by atoms with Gasteiger partial charge in [0, 0.05) is 31.3 Å². The van der Waals surface area contributed by atoms with E-state index in [0.29, 0.717) is 32.7 Å². The number of benzene rings is 1. The van der Waals surface area contributed by atoms with Crippen LogP contribution in [-0.4, -0.2) is 64.0 Å². The number of carboxylic acids is 1. The fourth-order valence-electron chi connectivity index (χ4n) is 6.65. The normalized spacial score (nSPS) is 29.3. The Labute approximate surface area is 259 Å². The molecule has 1 aromatic carbocycles. The molecule has 2 aliphatic heterocycles. The summed E-state index contributed by atoms with van der Waals surface area (Å²) < 4.78 is 38.4. The van der Waals surface area contributed by atoms with E-state index in [0.717, 1.165) is 68.9 Å². The van der Waals surface area contributed by atoms with E-state index in [2.05, 4.69) is 26.1 Å². The SMILES string of the molecule is CCCC[Si](C)(C)O[C@H]1C[C@@H](OC2CCCCO2)[C@@H](/C(=C\CCOc2ccccc2)OC2CCCCO2)[C@@H]1[C@H](C)C(=O)O. The van der Waals surface area contributed by atoms with E-state index in [1.54, 1.807) is 0 Å². The van der Waals surface area contributed by atoms with Gasteiger partial charge in [-0.25, -0.2) is 0 Å². The zero-order chi connectivity index (χ0) is 30.7. The lowest BCUT2D eigenvalue weighted by Crippen LogP contribution is -2.42. The summed E-state index contributed by atoms with van der Waals surface area (Å²) in [5.74, 6) is -0.542. The van der Waals surface area contributed by atoms with Gasteiger partial charge in [-0.2, -0.15) is 0 Å². The summed E-state index contributed by atoms with van der Waals surface area (Å²) in [5, 5.41) is 10.4. The van der Waals surface area contributed by atoms with Gasteiger partial charge in [-0.05, 0) is 75.9 Å². The molecule has 2 saturated heterocycles. The summed E-state index contributed by atoms with van der Waals surface area (Å²) >= 11 is 0. The van der Waals surface area contributed by atoms with Crippen LogP contribution in [0.25, 0.3) is 0 Å². The van der Waals surface area contributed by atoms with Gasteiger partial charge in [0.2, 0.25) is 0 Å². The van der Waals surface area contributed by atoms with Crippen LogP contribution in [0.5, 0.6) is 5.75 Å². The van der Waals surface area contributed by atoms with Crippen molar-refractivity contribution in [3.05, 3.63) is 42.2 Å². The lowest BCUT2D eigenvalue weighted by Gasteiger charge is -2.36. The Hall–Kier alpha value is -1.91. The van der Waals surface area contributed by atoms with Crippen molar-refractivity contribution in [3.8, 4) is 5.75 Å². The van der Waals surface area contributed by atoms with Crippen molar-refractivity contribution in [2.24, 2.45) is 17.8 Å². The predicted molar refractivity (Wildman–Crippen MR) is 168 cm³/mol. The van der Waals surface area contributed by atoms with Crippen LogP contribution in [0, 0.1) is 17.8 Å². The first-order chi connectivity index (χ1) is 20.8. The van der Waals surface area contributed by atoms with Gasteiger partial charge in [0.05, 0.1) is 31.3 Å². The molecule has 2 unspecified atom stereocenters. The van der Waals surface area contributed by atoms with Crippen LogP contribution >= 0.6 is 0 Å². The lowest BCUT2D eigenvalue weighted by molar-refractivity contribution is -0.201. The number of ether oxygens (including phenoxy) is 5. The second-order valence-corrected chi connectivity index (χ2v) is 17.2. The van der Waals surface area contributed by atoms with Crippen molar-refractivity contribution in [1.29, 1.82) is 0 Å². The zero-order valence-electron chi connectivity index (χ0n) is 26.7. The number of rotatable bonds is 16. The molecule has 1 N–H and O–H groups in total. The first kappa shape index (κ1) is 34.0. The van der Waals surface area contributed by atoms with Crippen molar-refractivity contribution in [1.82, 2.24) is 0 Å². The molecular formula is C34H54O8Si. The van der Waals surface area contributed by atoms with Gasteiger partial charge in [-0.1, -0.05) is 44.9 Å². The van der Waals surface area contributed by atoms with Gasteiger partial charge >= 0.3 is 5.97 Å². The molecule has 0 spiro atoms. The van der Waals surface area contributed by atoms with Gasteiger partial charge in [-0.15, -0.1) is 0 Å². The highest BCUT2D eigenvalue weighted by Gasteiger charge is 2.53. The van der Waals surface area contributed by atoms with Crippen LogP contribution < -0.4 is 4.74 Å². The average Bonchev–Trinajstić information content (AvgIpc) is 3.34. The van der Waals surface area contributed by atoms with Crippen molar-refractivity contribution < 1.29 is 38.0 Å². The number of para-hydroxylation sites is 1. The zero-order valence-corrected chi connectivity index (χ0v) is 27.7. The Morgan fingerprint density at radius 3 is 2.37 bits per heavy atom. The molecular weight excluding hydrogens is 564 g/mol. The van der Waals surface area contributed by atoms with Crippen LogP contribution in [0.15, 0.2) is 42.2 Å². The maximum absolute atomic E-state index is 12.6. The summed E-state index contributed by atoms with van der Waals surface area (Å²) in [6.07, 6.45) is 10.1. The molecule has 8 nitrogen and oxygen atoms in total. The summed E-state index contributed by atoms with van der Waals surface area (Å²) in [5.41, 5.74) is 0. The molecule has 3 fully saturated rings. The number of carboxylic acid groups (broad SMARTS) is 1. The molecule has 0 aromatic heterocycles. The van der Waals surface area contributed by atoms with Crippen molar-refractivity contribution in [3.63, 3.8) is 0 Å². The van der Waals surface area contributed by atoms with E-state index >= 15 is 0 Å². The molecule has 4 rings (SSSR count). The fraction of sp³-hybridized carbons (Fsp3) is 0.735. The van der Waals surface area contributed by atoms with E-state index in [4.69, 9.17) is 28.1 Å². The van der Waals surface area contributed by atoms with Gasteiger partial charge in [0.1, 0.15) is 11.5 Å². The molecule has 43 heavy (non-hydrogen) atoms. The second kappa shape index (κ2) is 17.0. The van der Waals surface area contributed by atoms with Crippen molar-refractivity contribution in [2.45, 2.75) is 122 Å². The largest absolute Gasteiger partial charge is 0.493 e. The molecule has 0 amide bonds. The third-order valence-electron chi connectivity index (χ3n) is 8.95. The van der Waals surface area contributed by atoms with Crippen LogP contribution in [0.3, 0.4) is 0 Å². The Bertz CT molecular complexity index is 989. The molecule has 0 radical (unpaired) electrons. The van der Waals surface area contributed by atoms with Gasteiger partial charge < -0.3 is 33.2 Å². The second-order valence-electron chi connectivity index (χ2n) is 12.9. The minimum atomic E-state index is -2.05. The van der Waals surface area contributed by atoms with E-state index < -0.39 is 20.2 Å². The third-order valence-corrected chi connectivity index (χ3v) is 11.5. The minimum absolute atomic E-state index is 0.247. The fourth-order valence-corrected chi connectivity index (χ4v) is 9.04. The highest BCUT2D eigenvalue weighted by Crippen LogP contribution is 2.47. The smallest absolute Gasteiger partial charge is 0.306 e. The number of carbonyl (C=O) groups is 1. The maximum atomic E-state index is 12.6. The quantitative estimate of drug-likeness (QED) is 0.115. The number of hydrogen-bond donors (Lipinski definition) is 1. The van der Waals surface area contributed by atoms with Crippen LogP contribution in [-0.2, 0) is 28.2 Å². The summed E-state index contributed by atoms with van der Waals surface area (Å²) in [6, 6.07) is 10.8. The topological polar surface area (TPSA) is 92.7 Å². The Balaban J connectivity index is 1.65. The van der Waals surface area contributed by atoms with E-state index in [1.807, 2.05) is 37.3 Å². The van der Waals surface area contributed by atoms with Crippen LogP contribution in [0.2, 0.25) is 19.1 Å². The van der Waals surface area contributed by atoms with Crippen LogP contribution in [0.1, 0.15) is 78.1 Å². The summed E-state index contributed by atoms with van der Waals surface area (Å²) in [7, 11) is -2.05. The number of hydrogen-bond acceptors (Lipinski definition) is 7. The first-order valence-corrected chi connectivity index (χ1v) is 19.7. The van der Waals surface area contributed by atoms with Crippen molar-refractivity contribution >= 4 is 14.3 Å². The molecule has 1 aromatic rings. The summed E-state index contributed by atoms with van der Waals surface area (Å²) in [6.45, 7) is 10.3. The van der Waals surface area contributed by atoms with Gasteiger partial charge in [0.25, 0.3) is 0 Å². The highest BCUT2D eigenvalue weighted by atomic mass is 28.4. The lowest BCUT2D eigenvalue weighted by atomic mass is 9.81. The van der Waals surface area contributed by atoms with E-state index in [1.165, 1.54) is 0 Å². The van der Waals surface area contributed by atoms with Crippen LogP contribution in [0.4, 0.5) is 0 Å². The Morgan fingerprint density at radius 1 is 1.05 bits per heavy atom. The molecule has 0 bridgehead atoms. The summed E-state index contributed by atoms with van der Waals surface area (Å²) in [4.78, 5) is 12.6. The predicted octanol–water partition coefficient (Wildman–Crippen LogP) is 7.54. The Morgan fingerprint density at radius 2 is 1.74 bits per heavy atom. The Kier molecular flexibility index (Phi) is 13.4. The molecule has 242 valence electrons. The molecule has 3 aliphatic rings. The number of unbranched alkanes of at least 4 members (excludes halogenated alkanes) is 1. The molecule has 1 aliphatic carbocycles. The van der Waals surface area contributed by atoms with E-state index in [9.17, 15) is 9.90 Å². The monoisotopic (exact) mass is 618 g/mol. The maximum Gasteiger partial charge on any atom is 0.306 e. The van der Waals surface area contributed by atoms with Gasteiger partial charge in [0.15, 0.2) is 20.9 Å². The van der Waals surface area contributed by atoms with Crippen molar-refractivity contribution in [2.75, 3.05) is 19.8 Å². The molecule has 9 heteroatoms. The highest BCUT2D eigenvalue weighted by molar-refractivity contribution is 6.71. The average molecular weight is 619 g/mol. The standard InChI is InChI=1S/C34H54O8Si/c1-5-6-23-43(3,4)42-29-24-28(41-31-19-11-13-21-39-31)33(32(29)25(2)34(35)36)27(40-30-18-10-12-20-38-30)17-14-22-37-26-15-8-7-9-16-26/h7-9,15-17,25,28-33H,5-6,10-14,18-24H2,1-4H3,(H,35,36)/b27-17+/t25-,28+,29-,30?,31?,32+,33+/m0/s1. The van der Waals surface area contributed by atoms with E-state index in [-0.39, 0.29) is 36.6 Å². The molecule has 1 saturated carbocycles. The third kappa shape index (κ3) is 10.3. The minimum Gasteiger partial charge on any atom is -0.493 e. The van der Waals surface area contributed by atoms with Gasteiger partial charge in [-0.3, -0.25) is 4.79 Å². The number of aliphatic carboxylic acids is 1.